The van der Waals surface area contributed by atoms with Crippen molar-refractivity contribution in [2.45, 2.75) is 59.3 Å². The molecule has 0 N–H and O–H groups in total. The molecule has 0 heterocycles. The molecule has 2 rings (SSSR count). The van der Waals surface area contributed by atoms with E-state index in [0.29, 0.717) is 17.8 Å². The number of hydrogen-bond acceptors (Lipinski definition) is 0. The average Bonchev–Trinajstić information content (AvgIpc) is 2.35. The fourth-order valence-electron chi connectivity index (χ4n) is 3.03. The quantitative estimate of drug-likeness (QED) is 0.628. The maximum atomic E-state index is 3.67. The SMILES string of the molecule is CC(C)c1[c]c2ccccc2c(C(C)C)c1C(C)C. The van der Waals surface area contributed by atoms with Crippen LogP contribution in [-0.2, 0) is 0 Å². The Bertz CT molecular complexity index is 574. The topological polar surface area (TPSA) is 0 Å². The summed E-state index contributed by atoms with van der Waals surface area (Å²) in [7, 11) is 0. The highest BCUT2D eigenvalue weighted by Gasteiger charge is 2.19. The monoisotopic (exact) mass is 253 g/mol. The summed E-state index contributed by atoms with van der Waals surface area (Å²) in [6, 6.07) is 12.4. The summed E-state index contributed by atoms with van der Waals surface area (Å²) in [5, 5.41) is 2.64. The molecule has 2 aromatic carbocycles. The summed E-state index contributed by atoms with van der Waals surface area (Å²) in [6.07, 6.45) is 0. The van der Waals surface area contributed by atoms with Crippen molar-refractivity contribution in [2.24, 2.45) is 0 Å². The highest BCUT2D eigenvalue weighted by molar-refractivity contribution is 5.88. The van der Waals surface area contributed by atoms with Crippen molar-refractivity contribution in [1.29, 1.82) is 0 Å². The minimum Gasteiger partial charge on any atom is -0.0616 e. The van der Waals surface area contributed by atoms with Gasteiger partial charge in [0.15, 0.2) is 0 Å². The second-order valence-electron chi connectivity index (χ2n) is 6.38. The van der Waals surface area contributed by atoms with Crippen LogP contribution in [0, 0.1) is 6.07 Å². The van der Waals surface area contributed by atoms with E-state index in [9.17, 15) is 0 Å². The Morgan fingerprint density at radius 2 is 1.32 bits per heavy atom. The van der Waals surface area contributed by atoms with Gasteiger partial charge in [-0.05, 0) is 51.3 Å². The molecule has 0 atom stereocenters. The van der Waals surface area contributed by atoms with Crippen molar-refractivity contribution >= 4 is 10.8 Å². The fraction of sp³-hybridized carbons (Fsp3) is 0.474. The molecule has 0 aliphatic carbocycles. The first-order chi connectivity index (χ1) is 8.93. The Morgan fingerprint density at radius 1 is 0.737 bits per heavy atom. The van der Waals surface area contributed by atoms with Crippen LogP contribution < -0.4 is 0 Å². The van der Waals surface area contributed by atoms with Gasteiger partial charge in [-0.2, -0.15) is 0 Å². The van der Waals surface area contributed by atoms with Gasteiger partial charge in [0.1, 0.15) is 0 Å². The highest BCUT2D eigenvalue weighted by atomic mass is 14.2. The van der Waals surface area contributed by atoms with Crippen molar-refractivity contribution in [3.05, 3.63) is 47.0 Å². The molecule has 0 aliphatic rings. The van der Waals surface area contributed by atoms with E-state index < -0.39 is 0 Å². The second-order valence-corrected chi connectivity index (χ2v) is 6.38. The molecule has 0 nitrogen and oxygen atoms in total. The standard InChI is InChI=1S/C19H25/c1-12(2)17-11-15-9-7-8-10-16(15)18(13(3)4)19(17)14(5)6/h7-10,12-14H,1-6H3. The molecule has 0 spiro atoms. The van der Waals surface area contributed by atoms with E-state index in [4.69, 9.17) is 0 Å². The Labute approximate surface area is 117 Å². The predicted octanol–water partition coefficient (Wildman–Crippen LogP) is 6.01. The fourth-order valence-corrected chi connectivity index (χ4v) is 3.03. The lowest BCUT2D eigenvalue weighted by molar-refractivity contribution is 0.754. The van der Waals surface area contributed by atoms with Gasteiger partial charge in [-0.3, -0.25) is 0 Å². The van der Waals surface area contributed by atoms with Crippen LogP contribution in [-0.4, -0.2) is 0 Å². The van der Waals surface area contributed by atoms with Crippen LogP contribution in [0.25, 0.3) is 10.8 Å². The Kier molecular flexibility index (Phi) is 3.99. The minimum absolute atomic E-state index is 0.527. The minimum atomic E-state index is 0.527. The molecule has 101 valence electrons. The Morgan fingerprint density at radius 3 is 1.84 bits per heavy atom. The van der Waals surface area contributed by atoms with E-state index in [0.717, 1.165) is 0 Å². The van der Waals surface area contributed by atoms with Crippen molar-refractivity contribution in [1.82, 2.24) is 0 Å². The van der Waals surface area contributed by atoms with Crippen LogP contribution in [0.15, 0.2) is 24.3 Å². The molecule has 0 fully saturated rings. The third kappa shape index (κ3) is 2.54. The van der Waals surface area contributed by atoms with E-state index in [1.165, 1.54) is 27.5 Å². The van der Waals surface area contributed by atoms with Crippen LogP contribution in [0.3, 0.4) is 0 Å². The number of fused-ring (bicyclic) bond motifs is 1. The predicted molar refractivity (Wildman–Crippen MR) is 85.1 cm³/mol. The van der Waals surface area contributed by atoms with Gasteiger partial charge in [-0.1, -0.05) is 65.8 Å². The summed E-state index contributed by atoms with van der Waals surface area (Å²) in [6.45, 7) is 13.8. The third-order valence-corrected chi connectivity index (χ3v) is 3.80. The number of rotatable bonds is 3. The molecule has 0 unspecified atom stereocenters. The summed E-state index contributed by atoms with van der Waals surface area (Å²) in [5.41, 5.74) is 4.44. The maximum absolute atomic E-state index is 3.67. The van der Waals surface area contributed by atoms with E-state index in [1.807, 2.05) is 0 Å². The van der Waals surface area contributed by atoms with E-state index in [2.05, 4.69) is 71.9 Å². The van der Waals surface area contributed by atoms with Crippen LogP contribution >= 0.6 is 0 Å². The van der Waals surface area contributed by atoms with Gasteiger partial charge < -0.3 is 0 Å². The molecule has 0 heteroatoms. The zero-order valence-electron chi connectivity index (χ0n) is 13.0. The molecule has 0 saturated heterocycles. The van der Waals surface area contributed by atoms with Crippen molar-refractivity contribution in [2.75, 3.05) is 0 Å². The first-order valence-electron chi connectivity index (χ1n) is 7.41. The molecule has 2 aromatic rings. The second kappa shape index (κ2) is 5.36. The highest BCUT2D eigenvalue weighted by Crippen LogP contribution is 2.38. The smallest absolute Gasteiger partial charge is 0.00584 e. The summed E-state index contributed by atoms with van der Waals surface area (Å²) < 4.78 is 0. The molecule has 1 radical (unpaired) electrons. The zero-order chi connectivity index (χ0) is 14.2. The molecule has 0 aliphatic heterocycles. The van der Waals surface area contributed by atoms with Gasteiger partial charge in [0.25, 0.3) is 0 Å². The van der Waals surface area contributed by atoms with Gasteiger partial charge >= 0.3 is 0 Å². The van der Waals surface area contributed by atoms with E-state index in [1.54, 1.807) is 0 Å². The summed E-state index contributed by atoms with van der Waals surface area (Å²) in [4.78, 5) is 0. The van der Waals surface area contributed by atoms with Gasteiger partial charge in [0.2, 0.25) is 0 Å². The van der Waals surface area contributed by atoms with Crippen LogP contribution in [0.4, 0.5) is 0 Å². The van der Waals surface area contributed by atoms with Gasteiger partial charge in [0, 0.05) is 0 Å². The Balaban J connectivity index is 2.91. The molecule has 0 amide bonds. The molecular weight excluding hydrogens is 228 g/mol. The zero-order valence-corrected chi connectivity index (χ0v) is 13.0. The molecule has 19 heavy (non-hydrogen) atoms. The lowest BCUT2D eigenvalue weighted by Gasteiger charge is -2.24. The van der Waals surface area contributed by atoms with Crippen molar-refractivity contribution in [3.8, 4) is 0 Å². The number of benzene rings is 2. The third-order valence-electron chi connectivity index (χ3n) is 3.80. The molecular formula is C19H25. The first kappa shape index (κ1) is 14.1. The average molecular weight is 253 g/mol. The summed E-state index contributed by atoms with van der Waals surface area (Å²) >= 11 is 0. The van der Waals surface area contributed by atoms with Crippen molar-refractivity contribution < 1.29 is 0 Å². The molecule has 0 saturated carbocycles. The van der Waals surface area contributed by atoms with Gasteiger partial charge in [-0.25, -0.2) is 0 Å². The van der Waals surface area contributed by atoms with Crippen LogP contribution in [0.2, 0.25) is 0 Å². The lowest BCUT2D eigenvalue weighted by atomic mass is 9.80. The van der Waals surface area contributed by atoms with E-state index >= 15 is 0 Å². The van der Waals surface area contributed by atoms with E-state index in [-0.39, 0.29) is 0 Å². The normalized spacial score (nSPS) is 12.1. The largest absolute Gasteiger partial charge is 0.0616 e. The lowest BCUT2D eigenvalue weighted by Crippen LogP contribution is -2.06. The van der Waals surface area contributed by atoms with Crippen molar-refractivity contribution in [3.63, 3.8) is 0 Å². The van der Waals surface area contributed by atoms with Crippen LogP contribution in [0.5, 0.6) is 0 Å². The maximum Gasteiger partial charge on any atom is -0.00584 e. The number of hydrogen-bond donors (Lipinski definition) is 0. The molecule has 0 aromatic heterocycles. The van der Waals surface area contributed by atoms with Gasteiger partial charge in [-0.15, -0.1) is 0 Å². The first-order valence-corrected chi connectivity index (χ1v) is 7.41. The van der Waals surface area contributed by atoms with Gasteiger partial charge in [0.05, 0.1) is 0 Å². The summed E-state index contributed by atoms with van der Waals surface area (Å²) in [5.74, 6) is 1.63. The van der Waals surface area contributed by atoms with Crippen LogP contribution in [0.1, 0.15) is 76.0 Å². The molecule has 0 bridgehead atoms. The Hall–Kier alpha value is -1.30.